The van der Waals surface area contributed by atoms with Crippen LogP contribution in [-0.4, -0.2) is 44.5 Å². The quantitative estimate of drug-likeness (QED) is 0.352. The van der Waals surface area contributed by atoms with Gasteiger partial charge in [-0.3, -0.25) is 4.79 Å². The zero-order chi connectivity index (χ0) is 19.9. The maximum atomic E-state index is 13.0. The summed E-state index contributed by atoms with van der Waals surface area (Å²) < 4.78 is 28.7. The van der Waals surface area contributed by atoms with Crippen molar-refractivity contribution in [3.63, 3.8) is 0 Å². The maximum absolute atomic E-state index is 13.0. The molecule has 0 unspecified atom stereocenters. The van der Waals surface area contributed by atoms with Gasteiger partial charge in [-0.2, -0.15) is 0 Å². The summed E-state index contributed by atoms with van der Waals surface area (Å²) >= 11 is 0. The van der Waals surface area contributed by atoms with E-state index in [-0.39, 0.29) is 5.56 Å². The number of sulfonamides is 1. The SMILES string of the molecule is CCN(CC)CCCNS(=O)(=O)c1ccc2[nH]c(=O)c3cccc4c3c2c1C4. The first-order chi connectivity index (χ1) is 13.5. The fraction of sp³-hybridized carbons (Fsp3) is 0.381. The summed E-state index contributed by atoms with van der Waals surface area (Å²) in [5.74, 6) is 0. The fourth-order valence-corrected chi connectivity index (χ4v) is 5.50. The molecule has 1 aromatic heterocycles. The molecule has 148 valence electrons. The van der Waals surface area contributed by atoms with Crippen molar-refractivity contribution in [1.82, 2.24) is 14.6 Å². The summed E-state index contributed by atoms with van der Waals surface area (Å²) in [4.78, 5) is 17.8. The number of hydrogen-bond donors (Lipinski definition) is 2. The Balaban J connectivity index is 1.67. The molecule has 0 saturated heterocycles. The van der Waals surface area contributed by atoms with Gasteiger partial charge >= 0.3 is 0 Å². The van der Waals surface area contributed by atoms with E-state index in [0.29, 0.717) is 28.8 Å². The van der Waals surface area contributed by atoms with Gasteiger partial charge in [0.15, 0.2) is 0 Å². The molecule has 3 aromatic rings. The number of hydrogen-bond acceptors (Lipinski definition) is 4. The van der Waals surface area contributed by atoms with Gasteiger partial charge in [-0.15, -0.1) is 0 Å². The van der Waals surface area contributed by atoms with E-state index in [4.69, 9.17) is 0 Å². The molecule has 1 aliphatic rings. The van der Waals surface area contributed by atoms with Crippen molar-refractivity contribution in [1.29, 1.82) is 0 Å². The number of aromatic nitrogens is 1. The van der Waals surface area contributed by atoms with E-state index in [0.717, 1.165) is 48.0 Å². The van der Waals surface area contributed by atoms with E-state index in [2.05, 4.69) is 28.5 Å². The summed E-state index contributed by atoms with van der Waals surface area (Å²) in [6, 6.07) is 8.92. The molecular formula is C21H25N3O3S. The minimum Gasteiger partial charge on any atom is -0.321 e. The lowest BCUT2D eigenvalue weighted by atomic mass is 10.1. The number of aromatic amines is 1. The molecule has 0 spiro atoms. The molecule has 0 bridgehead atoms. The van der Waals surface area contributed by atoms with E-state index in [1.165, 1.54) is 0 Å². The molecule has 2 aromatic carbocycles. The van der Waals surface area contributed by atoms with Gasteiger partial charge in [-0.05, 0) is 55.4 Å². The van der Waals surface area contributed by atoms with Crippen LogP contribution in [0.1, 0.15) is 31.4 Å². The minimum absolute atomic E-state index is 0.137. The van der Waals surface area contributed by atoms with Crippen LogP contribution in [-0.2, 0) is 16.4 Å². The summed E-state index contributed by atoms with van der Waals surface area (Å²) in [7, 11) is -3.61. The highest BCUT2D eigenvalue weighted by molar-refractivity contribution is 7.89. The zero-order valence-electron chi connectivity index (χ0n) is 16.2. The summed E-state index contributed by atoms with van der Waals surface area (Å²) in [5, 5.41) is 2.36. The number of nitrogens with one attached hydrogen (secondary N) is 2. The Labute approximate surface area is 164 Å². The summed E-state index contributed by atoms with van der Waals surface area (Å²) in [6.07, 6.45) is 1.29. The van der Waals surface area contributed by atoms with Crippen LogP contribution < -0.4 is 10.3 Å². The van der Waals surface area contributed by atoms with E-state index in [9.17, 15) is 13.2 Å². The molecule has 6 nitrogen and oxygen atoms in total. The van der Waals surface area contributed by atoms with E-state index >= 15 is 0 Å². The Morgan fingerprint density at radius 1 is 1.11 bits per heavy atom. The van der Waals surface area contributed by atoms with Crippen LogP contribution in [0.15, 0.2) is 40.0 Å². The fourth-order valence-electron chi connectivity index (χ4n) is 4.18. The standard InChI is InChI=1S/C21H25N3O3S/c1-3-24(4-2)12-6-11-22-28(26,27)18-10-9-17-20-16(18)13-14-7-5-8-15(19(14)20)21(25)23-17/h5,7-10,22H,3-4,6,11-13H2,1-2H3,(H,23,25). The molecule has 0 atom stereocenters. The van der Waals surface area contributed by atoms with E-state index < -0.39 is 10.0 Å². The smallest absolute Gasteiger partial charge is 0.256 e. The monoisotopic (exact) mass is 399 g/mol. The molecule has 4 rings (SSSR count). The highest BCUT2D eigenvalue weighted by atomic mass is 32.2. The van der Waals surface area contributed by atoms with E-state index in [1.54, 1.807) is 18.2 Å². The molecule has 1 aliphatic carbocycles. The van der Waals surface area contributed by atoms with Gasteiger partial charge in [-0.1, -0.05) is 26.0 Å². The molecule has 1 heterocycles. The topological polar surface area (TPSA) is 82.3 Å². The first-order valence-electron chi connectivity index (χ1n) is 9.77. The Kier molecular flexibility index (Phi) is 4.99. The van der Waals surface area contributed by atoms with Gasteiger partial charge in [0.1, 0.15) is 0 Å². The second kappa shape index (κ2) is 7.31. The van der Waals surface area contributed by atoms with Crippen molar-refractivity contribution in [3.05, 3.63) is 51.8 Å². The third kappa shape index (κ3) is 3.13. The van der Waals surface area contributed by atoms with Crippen LogP contribution in [0, 0.1) is 0 Å². The first-order valence-corrected chi connectivity index (χ1v) is 11.3. The molecule has 28 heavy (non-hydrogen) atoms. The lowest BCUT2D eigenvalue weighted by Gasteiger charge is -2.18. The summed E-state index contributed by atoms with van der Waals surface area (Å²) in [6.45, 7) is 7.41. The second-order valence-electron chi connectivity index (χ2n) is 7.21. The highest BCUT2D eigenvalue weighted by Crippen LogP contribution is 2.38. The van der Waals surface area contributed by atoms with Crippen molar-refractivity contribution in [2.45, 2.75) is 31.6 Å². The molecule has 0 saturated carbocycles. The zero-order valence-corrected chi connectivity index (χ0v) is 17.0. The average Bonchev–Trinajstić information content (AvgIpc) is 3.07. The van der Waals surface area contributed by atoms with Gasteiger partial charge in [0.2, 0.25) is 10.0 Å². The van der Waals surface area contributed by atoms with Crippen LogP contribution >= 0.6 is 0 Å². The molecule has 7 heteroatoms. The Hall–Kier alpha value is -2.22. The Bertz CT molecular complexity index is 1210. The normalized spacial score (nSPS) is 13.4. The number of nitrogens with zero attached hydrogens (tertiary/aromatic N) is 1. The van der Waals surface area contributed by atoms with Crippen LogP contribution in [0.2, 0.25) is 0 Å². The van der Waals surface area contributed by atoms with Gasteiger partial charge in [-0.25, -0.2) is 13.1 Å². The lowest BCUT2D eigenvalue weighted by Crippen LogP contribution is -2.30. The predicted molar refractivity (Wildman–Crippen MR) is 112 cm³/mol. The molecule has 0 fully saturated rings. The maximum Gasteiger partial charge on any atom is 0.256 e. The van der Waals surface area contributed by atoms with Crippen LogP contribution in [0.5, 0.6) is 0 Å². The van der Waals surface area contributed by atoms with Gasteiger partial charge in [0.05, 0.1) is 4.90 Å². The van der Waals surface area contributed by atoms with Crippen LogP contribution in [0.4, 0.5) is 0 Å². The third-order valence-electron chi connectivity index (χ3n) is 5.66. The number of H-pyrrole nitrogens is 1. The van der Waals surface area contributed by atoms with Crippen molar-refractivity contribution in [3.8, 4) is 0 Å². The molecule has 0 amide bonds. The van der Waals surface area contributed by atoms with Crippen molar-refractivity contribution in [2.75, 3.05) is 26.2 Å². The van der Waals surface area contributed by atoms with Crippen LogP contribution in [0.3, 0.4) is 0 Å². The molecule has 0 radical (unpaired) electrons. The molecular weight excluding hydrogens is 374 g/mol. The van der Waals surface area contributed by atoms with Crippen molar-refractivity contribution < 1.29 is 8.42 Å². The van der Waals surface area contributed by atoms with Crippen molar-refractivity contribution in [2.24, 2.45) is 0 Å². The molecule has 2 N–H and O–H groups in total. The van der Waals surface area contributed by atoms with Crippen LogP contribution in [0.25, 0.3) is 21.7 Å². The summed E-state index contributed by atoms with van der Waals surface area (Å²) in [5.41, 5.74) is 2.34. The average molecular weight is 400 g/mol. The Morgan fingerprint density at radius 3 is 2.64 bits per heavy atom. The minimum atomic E-state index is -3.61. The van der Waals surface area contributed by atoms with Crippen molar-refractivity contribution >= 4 is 31.7 Å². The van der Waals surface area contributed by atoms with Gasteiger partial charge in [0.25, 0.3) is 5.56 Å². The first kappa shape index (κ1) is 19.1. The number of pyridine rings is 1. The molecule has 0 aliphatic heterocycles. The number of rotatable bonds is 8. The van der Waals surface area contributed by atoms with E-state index in [1.807, 2.05) is 12.1 Å². The largest absolute Gasteiger partial charge is 0.321 e. The van der Waals surface area contributed by atoms with Gasteiger partial charge in [0, 0.05) is 34.6 Å². The van der Waals surface area contributed by atoms with Gasteiger partial charge < -0.3 is 9.88 Å². The third-order valence-corrected chi connectivity index (χ3v) is 7.20. The lowest BCUT2D eigenvalue weighted by molar-refractivity contribution is 0.300. The number of benzene rings is 2. The highest BCUT2D eigenvalue weighted by Gasteiger charge is 2.27. The predicted octanol–water partition coefficient (Wildman–Crippen LogP) is 2.60. The second-order valence-corrected chi connectivity index (χ2v) is 8.95. The Morgan fingerprint density at radius 2 is 1.89 bits per heavy atom.